The van der Waals surface area contributed by atoms with E-state index in [1.807, 2.05) is 6.07 Å². The molecule has 8 aromatic carbocycles. The number of para-hydroxylation sites is 5. The van der Waals surface area contributed by atoms with Gasteiger partial charge in [0.05, 0.1) is 50.4 Å². The molecule has 0 saturated carbocycles. The van der Waals surface area contributed by atoms with Crippen LogP contribution in [0.1, 0.15) is 0 Å². The molecular weight excluding hydrogens is 695 g/mol. The molecule has 0 spiro atoms. The Bertz CT molecular complexity index is 3350. The summed E-state index contributed by atoms with van der Waals surface area (Å²) in [5, 5.41) is 6.88. The van der Waals surface area contributed by atoms with Crippen LogP contribution in [0.25, 0.3) is 111 Å². The van der Waals surface area contributed by atoms with Gasteiger partial charge in [0.25, 0.3) is 0 Å². The maximum atomic E-state index is 7.08. The molecule has 4 nitrogen and oxygen atoms in total. The Balaban J connectivity index is 1.35. The second-order valence-electron chi connectivity index (χ2n) is 14.7. The fourth-order valence-corrected chi connectivity index (χ4v) is 9.03. The van der Waals surface area contributed by atoms with Crippen LogP contribution in [0.4, 0.5) is 0 Å². The van der Waals surface area contributed by atoms with Gasteiger partial charge in [-0.15, -0.1) is 0 Å². The molecule has 0 atom stereocenters. The molecule has 0 fully saturated rings. The summed E-state index contributed by atoms with van der Waals surface area (Å²) in [5.74, 6) is 0. The quantitative estimate of drug-likeness (QED) is 0.177. The Kier molecular flexibility index (Phi) is 6.89. The summed E-state index contributed by atoms with van der Waals surface area (Å²) in [4.78, 5) is 5.61. The first-order valence-electron chi connectivity index (χ1n) is 19.4. The lowest BCUT2D eigenvalue weighted by atomic mass is 9.97. The van der Waals surface area contributed by atoms with Crippen LogP contribution in [-0.4, -0.2) is 14.1 Å². The highest BCUT2D eigenvalue weighted by atomic mass is 16.3. The summed E-state index contributed by atoms with van der Waals surface area (Å²) >= 11 is 0. The third kappa shape index (κ3) is 4.77. The van der Waals surface area contributed by atoms with Crippen LogP contribution >= 0.6 is 0 Å². The number of fused-ring (bicyclic) bond motifs is 9. The van der Waals surface area contributed by atoms with Crippen molar-refractivity contribution in [1.29, 1.82) is 0 Å². The lowest BCUT2D eigenvalue weighted by molar-refractivity contribution is 0.669. The van der Waals surface area contributed by atoms with E-state index < -0.39 is 0 Å². The van der Waals surface area contributed by atoms with Gasteiger partial charge >= 0.3 is 0 Å². The van der Waals surface area contributed by atoms with Crippen molar-refractivity contribution in [2.24, 2.45) is 0 Å². The minimum absolute atomic E-state index is 0.800. The molecule has 0 bridgehead atoms. The van der Waals surface area contributed by atoms with E-state index in [4.69, 9.17) is 9.40 Å². The van der Waals surface area contributed by atoms with Crippen LogP contribution in [0.15, 0.2) is 205 Å². The number of pyridine rings is 1. The van der Waals surface area contributed by atoms with Gasteiger partial charge in [-0.1, -0.05) is 152 Å². The SMILES string of the molecule is c1ccc(-c2cc(-c3ccccc3)nc(-c3c(-n4c5ccccc5c5ccccc54)c(-n4c5ccccc5c5ccccc54)cc4c3oc3ccccc34)c2)cc1. The number of hydrogen-bond acceptors (Lipinski definition) is 2. The molecule has 0 aliphatic rings. The number of furan rings is 1. The number of rotatable bonds is 5. The molecule has 0 amide bonds. The van der Waals surface area contributed by atoms with E-state index in [0.29, 0.717) is 0 Å². The Labute approximate surface area is 328 Å². The highest BCUT2D eigenvalue weighted by Gasteiger charge is 2.28. The normalized spacial score (nSPS) is 11.9. The summed E-state index contributed by atoms with van der Waals surface area (Å²) in [6.07, 6.45) is 0. The van der Waals surface area contributed by atoms with Crippen LogP contribution < -0.4 is 0 Å². The second-order valence-corrected chi connectivity index (χ2v) is 14.7. The van der Waals surface area contributed by atoms with E-state index in [-0.39, 0.29) is 0 Å². The maximum absolute atomic E-state index is 7.08. The first kappa shape index (κ1) is 31.6. The monoisotopic (exact) mass is 727 g/mol. The smallest absolute Gasteiger partial charge is 0.147 e. The van der Waals surface area contributed by atoms with Crippen molar-refractivity contribution >= 4 is 65.6 Å². The standard InChI is InChI=1S/C53H33N3O/c1-3-17-34(18-4-1)36-31-43(35-19-5-2-6-20-35)54-44(32-36)51-52(56-47-28-14-9-23-39(47)40-24-10-15-29-48(40)56)49(33-42-41-25-11-16-30-50(41)57-53(42)51)55-45-26-12-7-21-37(45)38-22-8-13-27-46(38)55/h1-33H. The Morgan fingerprint density at radius 2 is 0.807 bits per heavy atom. The van der Waals surface area contributed by atoms with Crippen molar-refractivity contribution in [2.45, 2.75) is 0 Å². The van der Waals surface area contributed by atoms with Gasteiger partial charge in [-0.25, -0.2) is 4.98 Å². The minimum Gasteiger partial charge on any atom is -0.455 e. The molecule has 0 aliphatic heterocycles. The van der Waals surface area contributed by atoms with Crippen molar-refractivity contribution in [1.82, 2.24) is 14.1 Å². The maximum Gasteiger partial charge on any atom is 0.147 e. The predicted octanol–water partition coefficient (Wildman–Crippen LogP) is 14.2. The highest BCUT2D eigenvalue weighted by Crippen LogP contribution is 2.48. The zero-order chi connectivity index (χ0) is 37.5. The zero-order valence-corrected chi connectivity index (χ0v) is 30.8. The van der Waals surface area contributed by atoms with Gasteiger partial charge in [0, 0.05) is 37.9 Å². The zero-order valence-electron chi connectivity index (χ0n) is 30.8. The molecule has 12 rings (SSSR count). The molecule has 0 aliphatic carbocycles. The molecule has 0 radical (unpaired) electrons. The average molecular weight is 728 g/mol. The van der Waals surface area contributed by atoms with Crippen molar-refractivity contribution < 1.29 is 4.42 Å². The lowest BCUT2D eigenvalue weighted by Gasteiger charge is -2.21. The molecule has 57 heavy (non-hydrogen) atoms. The molecule has 0 saturated heterocycles. The molecule has 0 N–H and O–H groups in total. The van der Waals surface area contributed by atoms with Crippen LogP contribution in [0.2, 0.25) is 0 Å². The number of benzene rings is 8. The van der Waals surface area contributed by atoms with E-state index in [9.17, 15) is 0 Å². The van der Waals surface area contributed by atoms with E-state index >= 15 is 0 Å². The van der Waals surface area contributed by atoms with E-state index in [1.54, 1.807) is 0 Å². The molecular formula is C53H33N3O. The van der Waals surface area contributed by atoms with E-state index in [1.165, 1.54) is 21.5 Å². The summed E-state index contributed by atoms with van der Waals surface area (Å²) in [7, 11) is 0. The third-order valence-electron chi connectivity index (χ3n) is 11.5. The molecule has 4 heterocycles. The fraction of sp³-hybridized carbons (Fsp3) is 0. The highest BCUT2D eigenvalue weighted by molar-refractivity contribution is 6.17. The molecule has 4 heteroatoms. The second kappa shape index (κ2) is 12.4. The average Bonchev–Trinajstić information content (AvgIpc) is 3.94. The van der Waals surface area contributed by atoms with E-state index in [0.717, 1.165) is 89.0 Å². The molecule has 12 aromatic rings. The van der Waals surface area contributed by atoms with Gasteiger partial charge in [-0.2, -0.15) is 0 Å². The predicted molar refractivity (Wildman–Crippen MR) is 237 cm³/mol. The Morgan fingerprint density at radius 1 is 0.351 bits per heavy atom. The van der Waals surface area contributed by atoms with Gasteiger partial charge < -0.3 is 13.6 Å². The molecule has 0 unspecified atom stereocenters. The molecule has 266 valence electrons. The van der Waals surface area contributed by atoms with Crippen LogP contribution in [0.3, 0.4) is 0 Å². The van der Waals surface area contributed by atoms with E-state index in [2.05, 4.69) is 203 Å². The Morgan fingerprint density at radius 3 is 1.39 bits per heavy atom. The number of hydrogen-bond donors (Lipinski definition) is 0. The molecule has 4 aromatic heterocycles. The largest absolute Gasteiger partial charge is 0.455 e. The topological polar surface area (TPSA) is 35.9 Å². The van der Waals surface area contributed by atoms with Gasteiger partial charge in [0.1, 0.15) is 11.2 Å². The van der Waals surface area contributed by atoms with Crippen LogP contribution in [-0.2, 0) is 0 Å². The Hall–Kier alpha value is -7.69. The summed E-state index contributed by atoms with van der Waals surface area (Å²) < 4.78 is 12.0. The van der Waals surface area contributed by atoms with Crippen LogP contribution in [0.5, 0.6) is 0 Å². The van der Waals surface area contributed by atoms with Crippen molar-refractivity contribution in [3.05, 3.63) is 200 Å². The first-order valence-corrected chi connectivity index (χ1v) is 19.4. The van der Waals surface area contributed by atoms with Gasteiger partial charge in [-0.05, 0) is 59.7 Å². The van der Waals surface area contributed by atoms with Gasteiger partial charge in [0.2, 0.25) is 0 Å². The summed E-state index contributed by atoms with van der Waals surface area (Å²) in [6.45, 7) is 0. The van der Waals surface area contributed by atoms with Crippen molar-refractivity contribution in [2.75, 3.05) is 0 Å². The first-order chi connectivity index (χ1) is 28.3. The van der Waals surface area contributed by atoms with Gasteiger partial charge in [-0.3, -0.25) is 0 Å². The fourth-order valence-electron chi connectivity index (χ4n) is 9.03. The summed E-state index contributed by atoms with van der Waals surface area (Å²) in [6, 6.07) is 71.3. The minimum atomic E-state index is 0.800. The number of nitrogens with zero attached hydrogens (tertiary/aromatic N) is 3. The third-order valence-corrected chi connectivity index (χ3v) is 11.5. The number of aromatic nitrogens is 3. The van der Waals surface area contributed by atoms with Gasteiger partial charge in [0.15, 0.2) is 0 Å². The summed E-state index contributed by atoms with van der Waals surface area (Å²) in [5.41, 5.74) is 14.1. The van der Waals surface area contributed by atoms with Crippen molar-refractivity contribution in [3.63, 3.8) is 0 Å². The van der Waals surface area contributed by atoms with Crippen LogP contribution in [0, 0.1) is 0 Å². The lowest BCUT2D eigenvalue weighted by Crippen LogP contribution is -2.07. The van der Waals surface area contributed by atoms with Crippen molar-refractivity contribution in [3.8, 4) is 45.0 Å².